The average molecular weight is 272 g/mol. The summed E-state index contributed by atoms with van der Waals surface area (Å²) < 4.78 is 6.01. The van der Waals surface area contributed by atoms with Gasteiger partial charge in [-0.1, -0.05) is 25.1 Å². The highest BCUT2D eigenvalue weighted by Crippen LogP contribution is 2.30. The first-order valence-corrected chi connectivity index (χ1v) is 7.71. The fourth-order valence-corrected chi connectivity index (χ4v) is 2.88. The van der Waals surface area contributed by atoms with Gasteiger partial charge in [0.15, 0.2) is 0 Å². The molecule has 0 bridgehead atoms. The summed E-state index contributed by atoms with van der Waals surface area (Å²) in [7, 11) is 2.02. The van der Waals surface area contributed by atoms with Gasteiger partial charge in [-0.2, -0.15) is 0 Å². The second-order valence-electron chi connectivity index (χ2n) is 5.75. The Labute approximate surface area is 120 Å². The van der Waals surface area contributed by atoms with E-state index in [1.54, 1.807) is 0 Å². The topological polar surface area (TPSA) is 28.4 Å². The number of hydrogen-bond donors (Lipinski definition) is 1. The first-order chi connectivity index (χ1) is 9.81. The van der Waals surface area contributed by atoms with Crippen molar-refractivity contribution in [3.63, 3.8) is 0 Å². The molecule has 2 aromatic rings. The molecule has 1 aliphatic rings. The summed E-state index contributed by atoms with van der Waals surface area (Å²) >= 11 is 0. The molecule has 3 rings (SSSR count). The molecule has 3 nitrogen and oxygen atoms in total. The van der Waals surface area contributed by atoms with Gasteiger partial charge >= 0.3 is 0 Å². The van der Waals surface area contributed by atoms with Crippen molar-refractivity contribution in [2.24, 2.45) is 0 Å². The molecule has 108 valence electrons. The number of nitrogens with one attached hydrogen (secondary N) is 1. The summed E-state index contributed by atoms with van der Waals surface area (Å²) in [5.74, 6) is 1.05. The van der Waals surface area contributed by atoms with Crippen LogP contribution in [-0.4, -0.2) is 31.1 Å². The van der Waals surface area contributed by atoms with E-state index in [-0.39, 0.29) is 6.04 Å². The molecule has 3 heteroatoms. The van der Waals surface area contributed by atoms with Crippen molar-refractivity contribution in [3.05, 3.63) is 36.1 Å². The van der Waals surface area contributed by atoms with Crippen LogP contribution in [0.4, 0.5) is 0 Å². The molecule has 1 aromatic heterocycles. The van der Waals surface area contributed by atoms with Crippen LogP contribution in [0.5, 0.6) is 0 Å². The van der Waals surface area contributed by atoms with Crippen LogP contribution in [0.15, 0.2) is 34.7 Å². The molecule has 1 aromatic carbocycles. The SMILES string of the molecule is CCCN(CC(NC)c1cc2ccccc2o1)C1CC1. The molecule has 0 aliphatic heterocycles. The van der Waals surface area contributed by atoms with E-state index < -0.39 is 0 Å². The van der Waals surface area contributed by atoms with Gasteiger partial charge in [0, 0.05) is 18.0 Å². The number of nitrogens with zero attached hydrogens (tertiary/aromatic N) is 1. The molecule has 1 atom stereocenters. The van der Waals surface area contributed by atoms with E-state index >= 15 is 0 Å². The highest BCUT2D eigenvalue weighted by molar-refractivity contribution is 5.77. The number of likely N-dealkylation sites (N-methyl/N-ethyl adjacent to an activating group) is 1. The number of benzene rings is 1. The largest absolute Gasteiger partial charge is 0.459 e. The Morgan fingerprint density at radius 1 is 1.35 bits per heavy atom. The minimum atomic E-state index is 0.273. The summed E-state index contributed by atoms with van der Waals surface area (Å²) in [5.41, 5.74) is 0.983. The maximum Gasteiger partial charge on any atom is 0.134 e. The van der Waals surface area contributed by atoms with Crippen LogP contribution >= 0.6 is 0 Å². The minimum absolute atomic E-state index is 0.273. The van der Waals surface area contributed by atoms with Gasteiger partial charge in [-0.15, -0.1) is 0 Å². The van der Waals surface area contributed by atoms with E-state index in [1.807, 2.05) is 19.2 Å². The van der Waals surface area contributed by atoms with Crippen LogP contribution in [0, 0.1) is 0 Å². The molecular weight excluding hydrogens is 248 g/mol. The molecule has 20 heavy (non-hydrogen) atoms. The number of para-hydroxylation sites is 1. The van der Waals surface area contributed by atoms with Gasteiger partial charge in [-0.25, -0.2) is 0 Å². The third-order valence-corrected chi connectivity index (χ3v) is 4.13. The molecule has 1 saturated carbocycles. The lowest BCUT2D eigenvalue weighted by molar-refractivity contribution is 0.226. The predicted molar refractivity (Wildman–Crippen MR) is 82.9 cm³/mol. The second-order valence-corrected chi connectivity index (χ2v) is 5.75. The van der Waals surface area contributed by atoms with Crippen molar-refractivity contribution < 1.29 is 4.42 Å². The zero-order valence-corrected chi connectivity index (χ0v) is 12.4. The molecule has 1 heterocycles. The third-order valence-electron chi connectivity index (χ3n) is 4.13. The van der Waals surface area contributed by atoms with Gasteiger partial charge < -0.3 is 9.73 Å². The van der Waals surface area contributed by atoms with Crippen molar-refractivity contribution in [1.29, 1.82) is 0 Å². The lowest BCUT2D eigenvalue weighted by Gasteiger charge is -2.25. The van der Waals surface area contributed by atoms with E-state index in [9.17, 15) is 0 Å². The summed E-state index contributed by atoms with van der Waals surface area (Å²) in [5, 5.41) is 4.61. The molecular formula is C17H24N2O. The van der Waals surface area contributed by atoms with Gasteiger partial charge in [0.05, 0.1) is 6.04 Å². The Morgan fingerprint density at radius 3 is 2.80 bits per heavy atom. The first-order valence-electron chi connectivity index (χ1n) is 7.71. The fourth-order valence-electron chi connectivity index (χ4n) is 2.88. The van der Waals surface area contributed by atoms with E-state index in [0.29, 0.717) is 0 Å². The lowest BCUT2D eigenvalue weighted by Crippen LogP contribution is -2.35. The van der Waals surface area contributed by atoms with Gasteiger partial charge in [-0.05, 0) is 45.0 Å². The van der Waals surface area contributed by atoms with Gasteiger partial charge in [0.2, 0.25) is 0 Å². The van der Waals surface area contributed by atoms with Crippen LogP contribution in [0.2, 0.25) is 0 Å². The van der Waals surface area contributed by atoms with E-state index in [1.165, 1.54) is 31.2 Å². The molecule has 0 spiro atoms. The first kappa shape index (κ1) is 13.7. The van der Waals surface area contributed by atoms with Crippen molar-refractivity contribution in [2.75, 3.05) is 20.1 Å². The van der Waals surface area contributed by atoms with Gasteiger partial charge in [0.25, 0.3) is 0 Å². The predicted octanol–water partition coefficient (Wildman–Crippen LogP) is 3.57. The number of rotatable bonds is 7. The van der Waals surface area contributed by atoms with Crippen molar-refractivity contribution >= 4 is 11.0 Å². The average Bonchev–Trinajstić information content (AvgIpc) is 3.22. The van der Waals surface area contributed by atoms with Gasteiger partial charge in [-0.3, -0.25) is 4.90 Å². The summed E-state index contributed by atoms with van der Waals surface area (Å²) in [6, 6.07) is 11.5. The number of fused-ring (bicyclic) bond motifs is 1. The highest BCUT2D eigenvalue weighted by Gasteiger charge is 2.30. The Morgan fingerprint density at radius 2 is 2.15 bits per heavy atom. The standard InChI is InChI=1S/C17H24N2O/c1-3-10-19(14-8-9-14)12-15(18-2)17-11-13-6-4-5-7-16(13)20-17/h4-7,11,14-15,18H,3,8-10,12H2,1-2H3. The van der Waals surface area contributed by atoms with Crippen LogP contribution in [0.25, 0.3) is 11.0 Å². The van der Waals surface area contributed by atoms with Crippen molar-refractivity contribution in [3.8, 4) is 0 Å². The molecule has 1 fully saturated rings. The highest BCUT2D eigenvalue weighted by atomic mass is 16.3. The monoisotopic (exact) mass is 272 g/mol. The van der Waals surface area contributed by atoms with Crippen LogP contribution in [0.1, 0.15) is 38.0 Å². The molecule has 1 N–H and O–H groups in total. The molecule has 1 unspecified atom stereocenters. The quantitative estimate of drug-likeness (QED) is 0.835. The zero-order chi connectivity index (χ0) is 13.9. The maximum atomic E-state index is 6.01. The Balaban J connectivity index is 1.77. The van der Waals surface area contributed by atoms with E-state index in [4.69, 9.17) is 4.42 Å². The second kappa shape index (κ2) is 5.98. The van der Waals surface area contributed by atoms with Crippen LogP contribution in [-0.2, 0) is 0 Å². The zero-order valence-electron chi connectivity index (χ0n) is 12.4. The van der Waals surface area contributed by atoms with E-state index in [0.717, 1.165) is 23.9 Å². The number of hydrogen-bond acceptors (Lipinski definition) is 3. The van der Waals surface area contributed by atoms with Crippen molar-refractivity contribution in [2.45, 2.75) is 38.3 Å². The lowest BCUT2D eigenvalue weighted by atomic mass is 10.1. The molecule has 1 aliphatic carbocycles. The van der Waals surface area contributed by atoms with Gasteiger partial charge in [0.1, 0.15) is 11.3 Å². The Hall–Kier alpha value is -1.32. The van der Waals surface area contributed by atoms with Crippen LogP contribution < -0.4 is 5.32 Å². The molecule has 0 saturated heterocycles. The summed E-state index contributed by atoms with van der Waals surface area (Å²) in [6.45, 7) is 4.48. The maximum absolute atomic E-state index is 6.01. The third kappa shape index (κ3) is 2.89. The van der Waals surface area contributed by atoms with Crippen LogP contribution in [0.3, 0.4) is 0 Å². The Kier molecular flexibility index (Phi) is 4.08. The molecule has 0 amide bonds. The smallest absolute Gasteiger partial charge is 0.134 e. The normalized spacial score (nSPS) is 16.9. The fraction of sp³-hybridized carbons (Fsp3) is 0.529. The van der Waals surface area contributed by atoms with E-state index in [2.05, 4.69) is 35.3 Å². The van der Waals surface area contributed by atoms with Crippen molar-refractivity contribution in [1.82, 2.24) is 10.2 Å². The number of furan rings is 1. The summed E-state index contributed by atoms with van der Waals surface area (Å²) in [6.07, 6.45) is 3.93. The molecule has 0 radical (unpaired) electrons. The Bertz CT molecular complexity index is 526. The minimum Gasteiger partial charge on any atom is -0.459 e. The summed E-state index contributed by atoms with van der Waals surface area (Å²) in [4.78, 5) is 2.61.